The molecule has 1 aromatic rings. The van der Waals surface area contributed by atoms with Crippen molar-refractivity contribution in [1.82, 2.24) is 0 Å². The minimum Gasteiger partial charge on any atom is -0.397 e. The van der Waals surface area contributed by atoms with Crippen molar-refractivity contribution in [3.05, 3.63) is 23.0 Å². The second-order valence-corrected chi connectivity index (χ2v) is 5.25. The van der Waals surface area contributed by atoms with Crippen molar-refractivity contribution in [3.8, 4) is 0 Å². The summed E-state index contributed by atoms with van der Waals surface area (Å²) in [6.07, 6.45) is 1.61. The molecule has 17 heavy (non-hydrogen) atoms. The monoisotopic (exact) mass is 258 g/mol. The van der Waals surface area contributed by atoms with Gasteiger partial charge in [-0.2, -0.15) is 0 Å². The standard InChI is InChI=1S/C12H16ClFN2O/c1-12(17)3-2-4-16(7-12)11-6-9(14)8(13)5-10(11)15/h5-6,17H,2-4,7,15H2,1H3. The largest absolute Gasteiger partial charge is 0.397 e. The van der Waals surface area contributed by atoms with Gasteiger partial charge in [-0.1, -0.05) is 11.6 Å². The zero-order chi connectivity index (χ0) is 12.6. The van der Waals surface area contributed by atoms with Gasteiger partial charge in [-0.25, -0.2) is 4.39 Å². The van der Waals surface area contributed by atoms with Crippen LogP contribution in [0, 0.1) is 5.82 Å². The summed E-state index contributed by atoms with van der Waals surface area (Å²) in [6, 6.07) is 2.74. The number of nitrogens with zero attached hydrogens (tertiary/aromatic N) is 1. The highest BCUT2D eigenvalue weighted by molar-refractivity contribution is 6.31. The van der Waals surface area contributed by atoms with Gasteiger partial charge in [0.2, 0.25) is 0 Å². The number of anilines is 2. The van der Waals surface area contributed by atoms with Gasteiger partial charge in [0.1, 0.15) is 5.82 Å². The second-order valence-electron chi connectivity index (χ2n) is 4.85. The van der Waals surface area contributed by atoms with Gasteiger partial charge in [0, 0.05) is 19.2 Å². The number of nitrogens with two attached hydrogens (primary N) is 1. The van der Waals surface area contributed by atoms with Gasteiger partial charge < -0.3 is 15.7 Å². The predicted octanol–water partition coefficient (Wildman–Crippen LogP) is 2.41. The Morgan fingerprint density at radius 3 is 2.88 bits per heavy atom. The molecule has 0 aliphatic carbocycles. The number of nitrogen functional groups attached to an aromatic ring is 1. The molecule has 3 N–H and O–H groups in total. The molecular formula is C12H16ClFN2O. The summed E-state index contributed by atoms with van der Waals surface area (Å²) in [5, 5.41) is 10.0. The molecule has 5 heteroatoms. The van der Waals surface area contributed by atoms with Crippen LogP contribution in [0.1, 0.15) is 19.8 Å². The minimum atomic E-state index is -0.749. The Kier molecular flexibility index (Phi) is 3.19. The molecule has 1 atom stereocenters. The molecule has 94 valence electrons. The van der Waals surface area contributed by atoms with Crippen molar-refractivity contribution in [1.29, 1.82) is 0 Å². The Hall–Kier alpha value is -1.00. The molecular weight excluding hydrogens is 243 g/mol. The first kappa shape index (κ1) is 12.5. The summed E-state index contributed by atoms with van der Waals surface area (Å²) in [5.41, 5.74) is 6.13. The Labute approximate surface area is 105 Å². The second kappa shape index (κ2) is 4.35. The molecule has 1 aliphatic rings. The average Bonchev–Trinajstić information content (AvgIpc) is 2.22. The Balaban J connectivity index is 2.31. The molecule has 2 rings (SSSR count). The lowest BCUT2D eigenvalue weighted by atomic mass is 9.94. The topological polar surface area (TPSA) is 49.5 Å². The molecule has 0 radical (unpaired) electrons. The molecule has 0 spiro atoms. The van der Waals surface area contributed by atoms with Gasteiger partial charge in [0.15, 0.2) is 0 Å². The molecule has 0 aromatic heterocycles. The van der Waals surface area contributed by atoms with Gasteiger partial charge in [-0.15, -0.1) is 0 Å². The summed E-state index contributed by atoms with van der Waals surface area (Å²) in [5.74, 6) is -0.485. The van der Waals surface area contributed by atoms with E-state index in [2.05, 4.69) is 0 Å². The fraction of sp³-hybridized carbons (Fsp3) is 0.500. The third-order valence-corrected chi connectivity index (χ3v) is 3.37. The van der Waals surface area contributed by atoms with E-state index in [0.717, 1.165) is 19.4 Å². The first-order chi connectivity index (χ1) is 7.89. The van der Waals surface area contributed by atoms with Crippen LogP contribution in [0.25, 0.3) is 0 Å². The van der Waals surface area contributed by atoms with Crippen molar-refractivity contribution in [2.24, 2.45) is 0 Å². The summed E-state index contributed by atoms with van der Waals surface area (Å²) < 4.78 is 13.4. The maximum absolute atomic E-state index is 13.4. The first-order valence-electron chi connectivity index (χ1n) is 5.61. The predicted molar refractivity (Wildman–Crippen MR) is 67.9 cm³/mol. The van der Waals surface area contributed by atoms with E-state index in [1.165, 1.54) is 12.1 Å². The third-order valence-electron chi connectivity index (χ3n) is 3.09. The number of rotatable bonds is 1. The molecule has 1 unspecified atom stereocenters. The summed E-state index contributed by atoms with van der Waals surface area (Å²) >= 11 is 5.66. The van der Waals surface area contributed by atoms with E-state index in [1.807, 2.05) is 4.90 Å². The van der Waals surface area contributed by atoms with E-state index >= 15 is 0 Å². The average molecular weight is 259 g/mol. The lowest BCUT2D eigenvalue weighted by Crippen LogP contribution is -2.46. The van der Waals surface area contributed by atoms with E-state index in [4.69, 9.17) is 17.3 Å². The van der Waals surface area contributed by atoms with Crippen molar-refractivity contribution >= 4 is 23.0 Å². The van der Waals surface area contributed by atoms with Crippen LogP contribution < -0.4 is 10.6 Å². The Morgan fingerprint density at radius 1 is 1.53 bits per heavy atom. The molecule has 0 saturated carbocycles. The van der Waals surface area contributed by atoms with Crippen LogP contribution in [0.15, 0.2) is 12.1 Å². The molecule has 3 nitrogen and oxygen atoms in total. The van der Waals surface area contributed by atoms with E-state index in [1.54, 1.807) is 6.92 Å². The minimum absolute atomic E-state index is 0.0232. The Bertz CT molecular complexity index is 437. The number of benzene rings is 1. The number of hydrogen-bond donors (Lipinski definition) is 2. The fourth-order valence-corrected chi connectivity index (χ4v) is 2.42. The highest BCUT2D eigenvalue weighted by atomic mass is 35.5. The number of piperidine rings is 1. The van der Waals surface area contributed by atoms with Crippen LogP contribution in [0.4, 0.5) is 15.8 Å². The molecule has 1 aromatic carbocycles. The highest BCUT2D eigenvalue weighted by Gasteiger charge is 2.29. The number of aliphatic hydroxyl groups is 1. The van der Waals surface area contributed by atoms with Gasteiger partial charge >= 0.3 is 0 Å². The molecule has 0 amide bonds. The lowest BCUT2D eigenvalue weighted by molar-refractivity contribution is 0.0449. The van der Waals surface area contributed by atoms with Crippen LogP contribution >= 0.6 is 11.6 Å². The summed E-state index contributed by atoms with van der Waals surface area (Å²) in [6.45, 7) is 3.00. The zero-order valence-corrected chi connectivity index (χ0v) is 10.5. The quantitative estimate of drug-likeness (QED) is 0.761. The maximum atomic E-state index is 13.4. The number of halogens is 2. The zero-order valence-electron chi connectivity index (χ0n) is 9.71. The van der Waals surface area contributed by atoms with Gasteiger partial charge in [0.05, 0.1) is 22.0 Å². The van der Waals surface area contributed by atoms with Crippen molar-refractivity contribution < 1.29 is 9.50 Å². The normalized spacial score (nSPS) is 25.1. The van der Waals surface area contributed by atoms with E-state index in [9.17, 15) is 9.50 Å². The molecule has 1 heterocycles. The molecule has 1 fully saturated rings. The molecule has 1 saturated heterocycles. The lowest BCUT2D eigenvalue weighted by Gasteiger charge is -2.38. The summed E-state index contributed by atoms with van der Waals surface area (Å²) in [4.78, 5) is 1.90. The Morgan fingerprint density at radius 2 is 2.24 bits per heavy atom. The van der Waals surface area contributed by atoms with Crippen LogP contribution in [-0.4, -0.2) is 23.8 Å². The van der Waals surface area contributed by atoms with Crippen LogP contribution in [0.3, 0.4) is 0 Å². The highest BCUT2D eigenvalue weighted by Crippen LogP contribution is 2.32. The smallest absolute Gasteiger partial charge is 0.144 e. The van der Waals surface area contributed by atoms with Crippen LogP contribution in [0.5, 0.6) is 0 Å². The van der Waals surface area contributed by atoms with E-state index < -0.39 is 11.4 Å². The first-order valence-corrected chi connectivity index (χ1v) is 5.99. The summed E-state index contributed by atoms with van der Waals surface area (Å²) in [7, 11) is 0. The van der Waals surface area contributed by atoms with Crippen LogP contribution in [-0.2, 0) is 0 Å². The third kappa shape index (κ3) is 2.64. The SMILES string of the molecule is CC1(O)CCCN(c2cc(F)c(Cl)cc2N)C1. The van der Waals surface area contributed by atoms with Crippen molar-refractivity contribution in [2.45, 2.75) is 25.4 Å². The number of hydrogen-bond acceptors (Lipinski definition) is 3. The van der Waals surface area contributed by atoms with Crippen molar-refractivity contribution in [2.75, 3.05) is 23.7 Å². The van der Waals surface area contributed by atoms with Gasteiger partial charge in [-0.05, 0) is 25.8 Å². The van der Waals surface area contributed by atoms with E-state index in [-0.39, 0.29) is 5.02 Å². The van der Waals surface area contributed by atoms with Crippen LogP contribution in [0.2, 0.25) is 5.02 Å². The van der Waals surface area contributed by atoms with Gasteiger partial charge in [0.25, 0.3) is 0 Å². The van der Waals surface area contributed by atoms with Crippen molar-refractivity contribution in [3.63, 3.8) is 0 Å². The maximum Gasteiger partial charge on any atom is 0.144 e. The molecule has 1 aliphatic heterocycles. The number of β-amino-alcohol motifs (C(OH)–C–C–N with tert-alkyl or cyclic N) is 1. The van der Waals surface area contributed by atoms with Gasteiger partial charge in [-0.3, -0.25) is 0 Å². The fourth-order valence-electron chi connectivity index (χ4n) is 2.25. The molecule has 0 bridgehead atoms. The van der Waals surface area contributed by atoms with E-state index in [0.29, 0.717) is 17.9 Å².